The third-order valence-electron chi connectivity index (χ3n) is 7.89. The largest absolute Gasteiger partial charge is 0.478 e. The van der Waals surface area contributed by atoms with Gasteiger partial charge in [-0.25, -0.2) is 22.4 Å². The molecule has 0 spiro atoms. The first kappa shape index (κ1) is 27.6. The quantitative estimate of drug-likeness (QED) is 0.323. The van der Waals surface area contributed by atoms with Crippen molar-refractivity contribution in [3.63, 3.8) is 0 Å². The van der Waals surface area contributed by atoms with Crippen LogP contribution < -0.4 is 0 Å². The first-order chi connectivity index (χ1) is 18.4. The zero-order chi connectivity index (χ0) is 28.1. The lowest BCUT2D eigenvalue weighted by Crippen LogP contribution is -2.48. The maximum atomic E-state index is 15.8. The van der Waals surface area contributed by atoms with Gasteiger partial charge in [-0.3, -0.25) is 9.29 Å². The molecule has 0 amide bonds. The number of likely N-dealkylation sites (tertiary alicyclic amines) is 1. The number of rotatable bonds is 9. The van der Waals surface area contributed by atoms with Crippen molar-refractivity contribution < 1.29 is 31.9 Å². The molecule has 5 nitrogen and oxygen atoms in total. The van der Waals surface area contributed by atoms with Crippen molar-refractivity contribution in [3.05, 3.63) is 69.9 Å². The van der Waals surface area contributed by atoms with Gasteiger partial charge in [0, 0.05) is 54.8 Å². The van der Waals surface area contributed by atoms with Crippen molar-refractivity contribution in [3.8, 4) is 0 Å². The summed E-state index contributed by atoms with van der Waals surface area (Å²) < 4.78 is 72.6. The van der Waals surface area contributed by atoms with Crippen molar-refractivity contribution in [2.75, 3.05) is 32.9 Å². The van der Waals surface area contributed by atoms with E-state index in [0.29, 0.717) is 53.5 Å². The molecule has 0 saturated carbocycles. The lowest BCUT2D eigenvalue weighted by atomic mass is 9.86. The Morgan fingerprint density at radius 2 is 1.85 bits per heavy atom. The summed E-state index contributed by atoms with van der Waals surface area (Å²) in [4.78, 5) is 18.3. The van der Waals surface area contributed by atoms with E-state index in [1.165, 1.54) is 29.2 Å². The molecule has 1 saturated heterocycles. The number of hydrogen-bond donors (Lipinski definition) is 2. The molecule has 0 bridgehead atoms. The maximum Gasteiger partial charge on any atom is 0.335 e. The number of hydrogen-bond acceptors (Lipinski definition) is 3. The minimum atomic E-state index is -3.11. The first-order valence-electron chi connectivity index (χ1n) is 13.2. The molecular weight excluding hydrogens is 517 g/mol. The predicted octanol–water partition coefficient (Wildman–Crippen LogP) is 5.97. The van der Waals surface area contributed by atoms with Crippen molar-refractivity contribution >= 4 is 16.9 Å². The molecule has 3 aromatic rings. The number of halogens is 5. The number of alkyl halides is 3. The van der Waals surface area contributed by atoms with Gasteiger partial charge in [0.1, 0.15) is 11.6 Å². The van der Waals surface area contributed by atoms with Crippen molar-refractivity contribution in [2.24, 2.45) is 5.92 Å². The second-order valence-electron chi connectivity index (χ2n) is 11.1. The first-order valence-corrected chi connectivity index (χ1v) is 13.2. The highest BCUT2D eigenvalue weighted by Crippen LogP contribution is 2.44. The highest BCUT2D eigenvalue weighted by Gasteiger charge is 2.42. The van der Waals surface area contributed by atoms with E-state index in [2.05, 4.69) is 9.88 Å². The van der Waals surface area contributed by atoms with Gasteiger partial charge >= 0.3 is 5.97 Å². The molecule has 0 aliphatic carbocycles. The van der Waals surface area contributed by atoms with Gasteiger partial charge in [-0.05, 0) is 73.6 Å². The van der Waals surface area contributed by atoms with Crippen molar-refractivity contribution in [2.45, 2.75) is 51.1 Å². The lowest BCUT2D eigenvalue weighted by molar-refractivity contribution is -0.0374. The monoisotopic (exact) mass is 549 g/mol. The molecule has 0 radical (unpaired) electrons. The minimum Gasteiger partial charge on any atom is -0.478 e. The summed E-state index contributed by atoms with van der Waals surface area (Å²) in [6, 6.07) is 5.45. The third kappa shape index (κ3) is 5.54. The fourth-order valence-corrected chi connectivity index (χ4v) is 6.19. The fourth-order valence-electron chi connectivity index (χ4n) is 6.19. The van der Waals surface area contributed by atoms with E-state index < -0.39 is 42.2 Å². The average Bonchev–Trinajstić information content (AvgIpc) is 3.18. The zero-order valence-corrected chi connectivity index (χ0v) is 21.9. The van der Waals surface area contributed by atoms with Crippen LogP contribution in [0.2, 0.25) is 0 Å². The maximum absolute atomic E-state index is 15.8. The van der Waals surface area contributed by atoms with Crippen LogP contribution in [0, 0.1) is 17.6 Å². The van der Waals surface area contributed by atoms with E-state index in [9.17, 15) is 23.1 Å². The summed E-state index contributed by atoms with van der Waals surface area (Å²) in [5, 5.41) is 10.1. The molecule has 10 heteroatoms. The molecule has 2 N–H and O–H groups in total. The molecule has 3 heterocycles. The van der Waals surface area contributed by atoms with Crippen LogP contribution in [0.4, 0.5) is 22.0 Å². The Morgan fingerprint density at radius 3 is 2.46 bits per heavy atom. The lowest BCUT2D eigenvalue weighted by Gasteiger charge is -2.42. The molecule has 210 valence electrons. The number of aromatic carboxylic acids is 1. The summed E-state index contributed by atoms with van der Waals surface area (Å²) >= 11 is 0. The number of aromatic amines is 1. The highest BCUT2D eigenvalue weighted by molar-refractivity contribution is 5.95. The Kier molecular flexibility index (Phi) is 7.45. The van der Waals surface area contributed by atoms with Crippen molar-refractivity contribution in [1.82, 2.24) is 14.8 Å². The molecule has 39 heavy (non-hydrogen) atoms. The number of benzene rings is 2. The number of carbonyl (C=O) groups is 1. The third-order valence-corrected chi connectivity index (χ3v) is 7.89. The van der Waals surface area contributed by atoms with E-state index in [4.69, 9.17) is 0 Å². The molecule has 2 aliphatic heterocycles. The van der Waals surface area contributed by atoms with Gasteiger partial charge in [0.2, 0.25) is 0 Å². The van der Waals surface area contributed by atoms with Gasteiger partial charge in [0.05, 0.1) is 24.8 Å². The number of nitrogens with zero attached hydrogens (tertiary/aromatic N) is 2. The average molecular weight is 550 g/mol. The van der Waals surface area contributed by atoms with E-state index >= 15 is 8.78 Å². The zero-order valence-electron chi connectivity index (χ0n) is 21.9. The summed E-state index contributed by atoms with van der Waals surface area (Å²) in [5.74, 6) is -5.62. The molecule has 2 aliphatic rings. The number of carboxylic acid groups (broad SMARTS) is 1. The van der Waals surface area contributed by atoms with E-state index in [1.807, 2.05) is 0 Å². The Hall–Kier alpha value is -2.98. The van der Waals surface area contributed by atoms with Crippen LogP contribution >= 0.6 is 0 Å². The molecule has 1 aromatic heterocycles. The van der Waals surface area contributed by atoms with Crippen molar-refractivity contribution in [1.29, 1.82) is 0 Å². The predicted molar refractivity (Wildman–Crippen MR) is 138 cm³/mol. The smallest absolute Gasteiger partial charge is 0.335 e. The molecule has 5 rings (SSSR count). The van der Waals surface area contributed by atoms with Crippen LogP contribution in [0.15, 0.2) is 30.3 Å². The summed E-state index contributed by atoms with van der Waals surface area (Å²) in [5.41, 5.74) is 1.89. The highest BCUT2D eigenvalue weighted by atomic mass is 19.3. The standard InChI is InChI=1S/C29H32F5N3O2/c1-16-8-21-20-12-19(28(38)39)4-5-24(20)35-26(21)27(37(16)15-29(2,33)34)25-22(31)10-17(11-23(25)32)9-18-13-36(14-18)7-3-6-30/h4-5,10-12,16,18,27,35H,3,6-9,13-15H2,1-2H3,(H,38,39)/t16-,27-/m1/s1. The molecule has 1 fully saturated rings. The van der Waals surface area contributed by atoms with Gasteiger partial charge in [-0.15, -0.1) is 0 Å². The van der Waals surface area contributed by atoms with Crippen LogP contribution in [0.3, 0.4) is 0 Å². The summed E-state index contributed by atoms with van der Waals surface area (Å²) in [7, 11) is 0. The van der Waals surface area contributed by atoms with Gasteiger partial charge in [-0.2, -0.15) is 0 Å². The second kappa shape index (κ2) is 10.5. The number of aromatic nitrogens is 1. The fraction of sp³-hybridized carbons (Fsp3) is 0.483. The van der Waals surface area contributed by atoms with Crippen LogP contribution in [-0.2, 0) is 12.8 Å². The molecule has 2 atom stereocenters. The molecule has 2 aromatic carbocycles. The second-order valence-corrected chi connectivity index (χ2v) is 11.1. The van der Waals surface area contributed by atoms with E-state index in [0.717, 1.165) is 20.0 Å². The number of fused-ring (bicyclic) bond motifs is 3. The van der Waals surface area contributed by atoms with Crippen LogP contribution in [-0.4, -0.2) is 70.7 Å². The number of nitrogens with one attached hydrogen (secondary N) is 1. The van der Waals surface area contributed by atoms with Crippen LogP contribution in [0.25, 0.3) is 10.9 Å². The topological polar surface area (TPSA) is 59.6 Å². The summed E-state index contributed by atoms with van der Waals surface area (Å²) in [6.07, 6.45) is 1.24. The van der Waals surface area contributed by atoms with E-state index in [1.54, 1.807) is 13.0 Å². The normalized spacial score (nSPS) is 20.8. The number of H-pyrrole nitrogens is 1. The summed E-state index contributed by atoms with van der Waals surface area (Å²) in [6.45, 7) is 3.57. The Balaban J connectivity index is 1.53. The van der Waals surface area contributed by atoms with Gasteiger partial charge in [0.25, 0.3) is 5.92 Å². The Bertz CT molecular complexity index is 1360. The van der Waals surface area contributed by atoms with Crippen LogP contribution in [0.5, 0.6) is 0 Å². The molecular formula is C29H32F5N3O2. The molecule has 0 unspecified atom stereocenters. The minimum absolute atomic E-state index is 0.0667. The number of carboxylic acids is 1. The van der Waals surface area contributed by atoms with Crippen LogP contribution in [0.1, 0.15) is 59.1 Å². The SMILES string of the molecule is C[C@@H]1Cc2c([nH]c3ccc(C(=O)O)cc23)[C@@H](c2c(F)cc(CC3CN(CCCF)C3)cc2F)N1CC(C)(F)F. The van der Waals surface area contributed by atoms with E-state index in [-0.39, 0.29) is 23.7 Å². The van der Waals surface area contributed by atoms with Gasteiger partial charge < -0.3 is 15.0 Å². The van der Waals surface area contributed by atoms with Gasteiger partial charge in [-0.1, -0.05) is 0 Å². The Labute approximate surface area is 223 Å². The van der Waals surface area contributed by atoms with Gasteiger partial charge in [0.15, 0.2) is 0 Å². The Morgan fingerprint density at radius 1 is 1.15 bits per heavy atom.